The quantitative estimate of drug-likeness (QED) is 0.418. The maximum Gasteiger partial charge on any atom is 0.213 e. The van der Waals surface area contributed by atoms with Crippen LogP contribution in [-0.2, 0) is 10.8 Å². The normalized spacial score (nSPS) is 28.2. The van der Waals surface area contributed by atoms with E-state index in [0.717, 1.165) is 6.42 Å². The second-order valence-corrected chi connectivity index (χ2v) is 10.1. The third-order valence-corrected chi connectivity index (χ3v) is 8.68. The van der Waals surface area contributed by atoms with Crippen molar-refractivity contribution in [3.63, 3.8) is 0 Å². The lowest BCUT2D eigenvalue weighted by atomic mass is 9.59. The van der Waals surface area contributed by atoms with E-state index in [2.05, 4.69) is 94.8 Å². The monoisotopic (exact) mass is 344 g/mol. The highest BCUT2D eigenvalue weighted by Crippen LogP contribution is 2.63. The first kappa shape index (κ1) is 16.3. The van der Waals surface area contributed by atoms with E-state index in [0.29, 0.717) is 12.0 Å². The van der Waals surface area contributed by atoms with Crippen LogP contribution in [0.5, 0.6) is 0 Å². The first-order valence-electron chi connectivity index (χ1n) is 10.0. The molecule has 1 nitrogen and oxygen atoms in total. The number of rotatable bonds is 0. The van der Waals surface area contributed by atoms with Crippen LogP contribution in [0, 0.1) is 5.41 Å². The summed E-state index contributed by atoms with van der Waals surface area (Å²) in [7, 11) is 0. The summed E-state index contributed by atoms with van der Waals surface area (Å²) in [5.74, 6) is 0.581. The van der Waals surface area contributed by atoms with Crippen molar-refractivity contribution >= 4 is 0 Å². The number of hydrogen-bond donors (Lipinski definition) is 0. The van der Waals surface area contributed by atoms with Gasteiger partial charge in [0, 0.05) is 12.1 Å². The Bertz CT molecular complexity index is 958. The van der Waals surface area contributed by atoms with E-state index < -0.39 is 0 Å². The zero-order chi connectivity index (χ0) is 18.5. The van der Waals surface area contributed by atoms with Gasteiger partial charge < -0.3 is 0 Å². The molecule has 2 aliphatic carbocycles. The summed E-state index contributed by atoms with van der Waals surface area (Å²) in [5, 5.41) is 0. The highest BCUT2D eigenvalue weighted by Gasteiger charge is 2.57. The largest absolute Gasteiger partial charge is 0.213 e. The lowest BCUT2D eigenvalue weighted by molar-refractivity contribution is -0.705. The number of nitrogens with zero attached hydrogens (tertiary/aromatic N) is 1. The zero-order valence-corrected chi connectivity index (χ0v) is 16.9. The smallest absolute Gasteiger partial charge is 0.191 e. The minimum Gasteiger partial charge on any atom is -0.191 e. The average Bonchev–Trinajstić information content (AvgIpc) is 3.13. The Morgan fingerprint density at radius 1 is 0.923 bits per heavy atom. The van der Waals surface area contributed by atoms with Gasteiger partial charge >= 0.3 is 0 Å². The topological polar surface area (TPSA) is 3.88 Å². The Morgan fingerprint density at radius 2 is 1.62 bits per heavy atom. The molecule has 5 rings (SSSR count). The number of benzene rings is 1. The van der Waals surface area contributed by atoms with Crippen molar-refractivity contribution in [3.8, 4) is 11.3 Å². The van der Waals surface area contributed by atoms with E-state index in [4.69, 9.17) is 0 Å². The summed E-state index contributed by atoms with van der Waals surface area (Å²) in [4.78, 5) is 0. The molecule has 0 spiro atoms. The van der Waals surface area contributed by atoms with Gasteiger partial charge in [0.1, 0.15) is 0 Å². The number of hydrogen-bond acceptors (Lipinski definition) is 0. The van der Waals surface area contributed by atoms with Gasteiger partial charge in [-0.2, -0.15) is 4.57 Å². The van der Waals surface area contributed by atoms with Crippen molar-refractivity contribution in [3.05, 3.63) is 65.4 Å². The molecule has 0 fully saturated rings. The fraction of sp³-hybridized carbons (Fsp3) is 0.480. The van der Waals surface area contributed by atoms with Crippen LogP contribution in [0.2, 0.25) is 0 Å². The van der Waals surface area contributed by atoms with Crippen molar-refractivity contribution in [1.29, 1.82) is 0 Å². The molecule has 1 heteroatoms. The molecular formula is C25H30N+. The molecule has 2 heterocycles. The molecule has 1 aromatic carbocycles. The second-order valence-electron chi connectivity index (χ2n) is 10.1. The molecule has 0 amide bonds. The van der Waals surface area contributed by atoms with Crippen LogP contribution in [0.3, 0.4) is 0 Å². The van der Waals surface area contributed by atoms with Gasteiger partial charge in [-0.25, -0.2) is 0 Å². The van der Waals surface area contributed by atoms with E-state index in [9.17, 15) is 0 Å². The minimum atomic E-state index is 0.158. The first-order chi connectivity index (χ1) is 12.2. The van der Waals surface area contributed by atoms with Gasteiger partial charge in [0.25, 0.3) is 0 Å². The Morgan fingerprint density at radius 3 is 2.35 bits per heavy atom. The summed E-state index contributed by atoms with van der Waals surface area (Å²) in [6.07, 6.45) is 8.20. The summed E-state index contributed by atoms with van der Waals surface area (Å²) in [6, 6.07) is 12.2. The van der Waals surface area contributed by atoms with Gasteiger partial charge in [-0.05, 0) is 57.6 Å². The fourth-order valence-electron chi connectivity index (χ4n) is 5.81. The zero-order valence-electron chi connectivity index (χ0n) is 16.9. The molecule has 0 saturated heterocycles. The maximum absolute atomic E-state index is 2.59. The van der Waals surface area contributed by atoms with Crippen molar-refractivity contribution < 1.29 is 4.57 Å². The molecule has 134 valence electrons. The molecule has 2 unspecified atom stereocenters. The Kier molecular flexibility index (Phi) is 2.94. The molecule has 1 aliphatic heterocycles. The van der Waals surface area contributed by atoms with Crippen LogP contribution in [-0.4, -0.2) is 0 Å². The predicted molar refractivity (Wildman–Crippen MR) is 107 cm³/mol. The SMILES string of the molecule is CC1(C)c2cc3c(cc2C(C)(C)C1(C)C)C1CC=CC1[n+]1ccccc1-3. The van der Waals surface area contributed by atoms with Crippen LogP contribution in [0.15, 0.2) is 48.7 Å². The molecular weight excluding hydrogens is 314 g/mol. The van der Waals surface area contributed by atoms with E-state index >= 15 is 0 Å². The molecule has 0 bridgehead atoms. The van der Waals surface area contributed by atoms with Gasteiger partial charge in [0.05, 0.1) is 11.5 Å². The highest BCUT2D eigenvalue weighted by molar-refractivity contribution is 5.69. The third-order valence-electron chi connectivity index (χ3n) is 8.68. The van der Waals surface area contributed by atoms with Crippen molar-refractivity contribution in [2.75, 3.05) is 0 Å². The minimum absolute atomic E-state index is 0.158. The molecule has 3 aliphatic rings. The van der Waals surface area contributed by atoms with Crippen molar-refractivity contribution in [1.82, 2.24) is 0 Å². The molecule has 0 saturated carbocycles. The molecule has 2 aromatic rings. The lowest BCUT2D eigenvalue weighted by Gasteiger charge is -2.44. The number of fused-ring (bicyclic) bond motifs is 7. The van der Waals surface area contributed by atoms with Crippen LogP contribution in [0.25, 0.3) is 11.3 Å². The fourth-order valence-corrected chi connectivity index (χ4v) is 5.81. The van der Waals surface area contributed by atoms with E-state index in [1.54, 1.807) is 16.7 Å². The number of allylic oxidation sites excluding steroid dienone is 2. The summed E-state index contributed by atoms with van der Waals surface area (Å²) in [5.41, 5.74) is 8.05. The second kappa shape index (κ2) is 4.68. The van der Waals surface area contributed by atoms with E-state index in [1.165, 1.54) is 11.3 Å². The Balaban J connectivity index is 1.84. The Hall–Kier alpha value is -1.89. The third kappa shape index (κ3) is 1.66. The highest BCUT2D eigenvalue weighted by atomic mass is 15.0. The van der Waals surface area contributed by atoms with Gasteiger partial charge in [0.15, 0.2) is 12.2 Å². The van der Waals surface area contributed by atoms with Crippen LogP contribution < -0.4 is 4.57 Å². The van der Waals surface area contributed by atoms with Crippen LogP contribution in [0.1, 0.15) is 76.6 Å². The molecule has 26 heavy (non-hydrogen) atoms. The molecule has 2 atom stereocenters. The molecule has 0 radical (unpaired) electrons. The molecule has 1 aromatic heterocycles. The number of aromatic nitrogens is 1. The summed E-state index contributed by atoms with van der Waals surface area (Å²) < 4.78 is 2.49. The van der Waals surface area contributed by atoms with Gasteiger partial charge in [-0.3, -0.25) is 0 Å². The Labute approximate surface area is 157 Å². The van der Waals surface area contributed by atoms with Crippen molar-refractivity contribution in [2.24, 2.45) is 5.41 Å². The van der Waals surface area contributed by atoms with Crippen molar-refractivity contribution in [2.45, 2.75) is 70.8 Å². The standard InChI is InChI=1S/C25H30N/c1-23(2)19-14-17-16-10-9-12-21(16)26-13-8-7-11-22(26)18(17)15-20(19)24(3,4)25(23,5)6/h7-9,11-16,21H,10H2,1-6H3/q+1. The predicted octanol–water partition coefficient (Wildman–Crippen LogP) is 5.83. The van der Waals surface area contributed by atoms with Gasteiger partial charge in [-0.1, -0.05) is 53.7 Å². The van der Waals surface area contributed by atoms with E-state index in [1.807, 2.05) is 0 Å². The summed E-state index contributed by atoms with van der Waals surface area (Å²) >= 11 is 0. The van der Waals surface area contributed by atoms with Gasteiger partial charge in [0.2, 0.25) is 5.69 Å². The maximum atomic E-state index is 2.59. The van der Waals surface area contributed by atoms with Gasteiger partial charge in [-0.15, -0.1) is 0 Å². The lowest BCUT2D eigenvalue weighted by Crippen LogP contribution is -2.45. The van der Waals surface area contributed by atoms with Crippen LogP contribution in [0.4, 0.5) is 0 Å². The first-order valence-corrected chi connectivity index (χ1v) is 10.0. The van der Waals surface area contributed by atoms with E-state index in [-0.39, 0.29) is 16.2 Å². The summed E-state index contributed by atoms with van der Waals surface area (Å²) in [6.45, 7) is 14.7. The van der Waals surface area contributed by atoms with Crippen LogP contribution >= 0.6 is 0 Å². The average molecular weight is 345 g/mol. The number of pyridine rings is 1. The molecule has 0 N–H and O–H groups in total.